The molecular weight excluding hydrogens is 234 g/mol. The van der Waals surface area contributed by atoms with Gasteiger partial charge in [-0.3, -0.25) is 9.78 Å². The van der Waals surface area contributed by atoms with Gasteiger partial charge in [0.15, 0.2) is 5.82 Å². The minimum Gasteiger partial charge on any atom is -0.507 e. The zero-order chi connectivity index (χ0) is 13.0. The number of methoxy groups -OCH3 is 1. The van der Waals surface area contributed by atoms with Gasteiger partial charge in [-0.05, 0) is 18.2 Å². The Bertz CT molecular complexity index is 558. The lowest BCUT2D eigenvalue weighted by Gasteiger charge is -2.07. The summed E-state index contributed by atoms with van der Waals surface area (Å²) in [7, 11) is 1.48. The Morgan fingerprint density at radius 1 is 1.39 bits per heavy atom. The number of benzene rings is 1. The van der Waals surface area contributed by atoms with Crippen molar-refractivity contribution < 1.29 is 14.6 Å². The van der Waals surface area contributed by atoms with Gasteiger partial charge in [-0.1, -0.05) is 0 Å². The molecule has 18 heavy (non-hydrogen) atoms. The Kier molecular flexibility index (Phi) is 3.38. The number of hydrogen-bond acceptors (Lipinski definition) is 5. The fourth-order valence-corrected chi connectivity index (χ4v) is 1.37. The highest BCUT2D eigenvalue weighted by Crippen LogP contribution is 2.23. The van der Waals surface area contributed by atoms with Crippen LogP contribution >= 0.6 is 0 Å². The van der Waals surface area contributed by atoms with Crippen LogP contribution in [-0.2, 0) is 0 Å². The summed E-state index contributed by atoms with van der Waals surface area (Å²) in [5.41, 5.74) is 0.111. The molecule has 1 amide bonds. The smallest absolute Gasteiger partial charge is 0.260 e. The second-order valence-corrected chi connectivity index (χ2v) is 3.43. The van der Waals surface area contributed by atoms with E-state index in [-0.39, 0.29) is 11.3 Å². The zero-order valence-corrected chi connectivity index (χ0v) is 9.62. The van der Waals surface area contributed by atoms with Crippen molar-refractivity contribution in [3.05, 3.63) is 42.4 Å². The first-order valence-corrected chi connectivity index (χ1v) is 5.15. The van der Waals surface area contributed by atoms with Gasteiger partial charge in [-0.25, -0.2) is 4.98 Å². The van der Waals surface area contributed by atoms with Crippen molar-refractivity contribution in [3.8, 4) is 11.5 Å². The Morgan fingerprint density at radius 2 is 2.22 bits per heavy atom. The Hall–Kier alpha value is -2.63. The second-order valence-electron chi connectivity index (χ2n) is 3.43. The van der Waals surface area contributed by atoms with Crippen LogP contribution in [0.15, 0.2) is 36.8 Å². The number of aromatic nitrogens is 2. The highest BCUT2D eigenvalue weighted by Gasteiger charge is 2.13. The number of carbonyl (C=O) groups excluding carboxylic acids is 1. The van der Waals surface area contributed by atoms with Crippen LogP contribution < -0.4 is 10.1 Å². The minimum atomic E-state index is -0.480. The second kappa shape index (κ2) is 5.13. The molecule has 0 atom stereocenters. The van der Waals surface area contributed by atoms with Crippen molar-refractivity contribution in [1.82, 2.24) is 9.97 Å². The van der Waals surface area contributed by atoms with Crippen LogP contribution in [0.2, 0.25) is 0 Å². The van der Waals surface area contributed by atoms with E-state index in [0.717, 1.165) is 0 Å². The first kappa shape index (κ1) is 11.8. The van der Waals surface area contributed by atoms with Crippen LogP contribution in [0.3, 0.4) is 0 Å². The van der Waals surface area contributed by atoms with Gasteiger partial charge in [0.1, 0.15) is 11.5 Å². The molecule has 1 aromatic heterocycles. The topological polar surface area (TPSA) is 84.3 Å². The third-order valence-electron chi connectivity index (χ3n) is 2.25. The number of aromatic hydroxyl groups is 1. The standard InChI is InChI=1S/C12H11N3O3/c1-18-8-2-3-10(16)9(6-8)12(17)15-11-7-13-4-5-14-11/h2-7,16H,1H3,(H,14,15,17). The van der Waals surface area contributed by atoms with Gasteiger partial charge in [0.2, 0.25) is 0 Å². The maximum absolute atomic E-state index is 11.9. The quantitative estimate of drug-likeness (QED) is 0.854. The number of phenolic OH excluding ortho intramolecular Hbond substituents is 1. The predicted octanol–water partition coefficient (Wildman–Crippen LogP) is 1.44. The number of rotatable bonds is 3. The predicted molar refractivity (Wildman–Crippen MR) is 64.6 cm³/mol. The summed E-state index contributed by atoms with van der Waals surface area (Å²) in [6, 6.07) is 4.40. The largest absolute Gasteiger partial charge is 0.507 e. The summed E-state index contributed by atoms with van der Waals surface area (Å²) in [5, 5.41) is 12.1. The van der Waals surface area contributed by atoms with E-state index in [1.165, 1.54) is 37.8 Å². The normalized spacial score (nSPS) is 9.83. The van der Waals surface area contributed by atoms with Crippen molar-refractivity contribution in [3.63, 3.8) is 0 Å². The Labute approximate surface area is 103 Å². The molecule has 0 fully saturated rings. The summed E-state index contributed by atoms with van der Waals surface area (Å²) < 4.78 is 4.99. The van der Waals surface area contributed by atoms with E-state index in [2.05, 4.69) is 15.3 Å². The van der Waals surface area contributed by atoms with Crippen molar-refractivity contribution in [2.45, 2.75) is 0 Å². The number of carbonyl (C=O) groups is 1. The third kappa shape index (κ3) is 2.54. The molecule has 0 saturated carbocycles. The van der Waals surface area contributed by atoms with Crippen molar-refractivity contribution in [2.24, 2.45) is 0 Å². The number of nitrogens with zero attached hydrogens (tertiary/aromatic N) is 2. The molecule has 92 valence electrons. The lowest BCUT2D eigenvalue weighted by molar-refractivity contribution is 0.102. The molecule has 2 aromatic rings. The molecule has 2 rings (SSSR count). The molecule has 2 N–H and O–H groups in total. The van der Waals surface area contributed by atoms with E-state index in [0.29, 0.717) is 11.6 Å². The molecule has 0 aliphatic carbocycles. The molecule has 6 nitrogen and oxygen atoms in total. The first-order valence-electron chi connectivity index (χ1n) is 5.15. The van der Waals surface area contributed by atoms with Crippen molar-refractivity contribution >= 4 is 11.7 Å². The van der Waals surface area contributed by atoms with Crippen LogP contribution in [0.5, 0.6) is 11.5 Å². The highest BCUT2D eigenvalue weighted by molar-refractivity contribution is 6.05. The van der Waals surface area contributed by atoms with Crippen LogP contribution in [0.1, 0.15) is 10.4 Å². The van der Waals surface area contributed by atoms with Gasteiger partial charge in [0, 0.05) is 12.4 Å². The van der Waals surface area contributed by atoms with Crippen LogP contribution in [0.4, 0.5) is 5.82 Å². The Balaban J connectivity index is 2.23. The number of ether oxygens (including phenoxy) is 1. The molecule has 1 heterocycles. The van der Waals surface area contributed by atoms with Gasteiger partial charge in [-0.2, -0.15) is 0 Å². The third-order valence-corrected chi connectivity index (χ3v) is 2.25. The number of anilines is 1. The van der Waals surface area contributed by atoms with Crippen LogP contribution in [-0.4, -0.2) is 28.1 Å². The van der Waals surface area contributed by atoms with Gasteiger partial charge < -0.3 is 15.2 Å². The van der Waals surface area contributed by atoms with E-state index in [1.54, 1.807) is 6.07 Å². The molecule has 0 saturated heterocycles. The minimum absolute atomic E-state index is 0.111. The molecule has 0 spiro atoms. The summed E-state index contributed by atoms with van der Waals surface area (Å²) in [6.07, 6.45) is 4.37. The molecule has 0 aliphatic rings. The number of amides is 1. The van der Waals surface area contributed by atoms with Gasteiger partial charge in [-0.15, -0.1) is 0 Å². The van der Waals surface area contributed by atoms with Crippen molar-refractivity contribution in [1.29, 1.82) is 0 Å². The SMILES string of the molecule is COc1ccc(O)c(C(=O)Nc2cnccn2)c1. The molecule has 0 aliphatic heterocycles. The summed E-state index contributed by atoms with van der Waals surface area (Å²) in [6.45, 7) is 0. The van der Waals surface area contributed by atoms with E-state index >= 15 is 0 Å². The number of nitrogens with one attached hydrogen (secondary N) is 1. The van der Waals surface area contributed by atoms with E-state index in [1.807, 2.05) is 0 Å². The fraction of sp³-hybridized carbons (Fsp3) is 0.0833. The van der Waals surface area contributed by atoms with E-state index < -0.39 is 5.91 Å². The maximum Gasteiger partial charge on any atom is 0.260 e. The summed E-state index contributed by atoms with van der Waals surface area (Å²) >= 11 is 0. The monoisotopic (exact) mass is 245 g/mol. The van der Waals surface area contributed by atoms with E-state index in [9.17, 15) is 9.90 Å². The molecular formula is C12H11N3O3. The Morgan fingerprint density at radius 3 is 2.89 bits per heavy atom. The molecule has 1 aromatic carbocycles. The van der Waals surface area contributed by atoms with Gasteiger partial charge in [0.25, 0.3) is 5.91 Å². The van der Waals surface area contributed by atoms with Crippen LogP contribution in [0.25, 0.3) is 0 Å². The average molecular weight is 245 g/mol. The highest BCUT2D eigenvalue weighted by atomic mass is 16.5. The summed E-state index contributed by atoms with van der Waals surface area (Å²) in [5.74, 6) is 0.186. The molecule has 0 bridgehead atoms. The molecule has 0 radical (unpaired) electrons. The fourth-order valence-electron chi connectivity index (χ4n) is 1.37. The molecule has 0 unspecified atom stereocenters. The number of phenols is 1. The lowest BCUT2D eigenvalue weighted by atomic mass is 10.2. The summed E-state index contributed by atoms with van der Waals surface area (Å²) in [4.78, 5) is 19.6. The zero-order valence-electron chi connectivity index (χ0n) is 9.62. The maximum atomic E-state index is 11.9. The van der Waals surface area contributed by atoms with Crippen molar-refractivity contribution in [2.75, 3.05) is 12.4 Å². The average Bonchev–Trinajstić information content (AvgIpc) is 2.40. The van der Waals surface area contributed by atoms with Gasteiger partial charge in [0.05, 0.1) is 18.9 Å². The first-order chi connectivity index (χ1) is 8.70. The molecule has 6 heteroatoms. The number of hydrogen-bond donors (Lipinski definition) is 2. The van der Waals surface area contributed by atoms with Gasteiger partial charge >= 0.3 is 0 Å². The van der Waals surface area contributed by atoms with E-state index in [4.69, 9.17) is 4.74 Å². The van der Waals surface area contributed by atoms with Crippen LogP contribution in [0, 0.1) is 0 Å². The lowest BCUT2D eigenvalue weighted by Crippen LogP contribution is -2.13.